The van der Waals surface area contributed by atoms with E-state index in [9.17, 15) is 13.6 Å². The summed E-state index contributed by atoms with van der Waals surface area (Å²) in [6.45, 7) is 0. The Morgan fingerprint density at radius 2 is 1.83 bits per heavy atom. The van der Waals surface area contributed by atoms with Crippen LogP contribution in [-0.2, 0) is 4.74 Å². The first-order chi connectivity index (χ1) is 8.61. The Bertz CT molecular complexity index is 582. The van der Waals surface area contributed by atoms with E-state index in [-0.39, 0.29) is 11.3 Å². The molecule has 2 aromatic rings. The highest BCUT2D eigenvalue weighted by Gasteiger charge is 2.16. The summed E-state index contributed by atoms with van der Waals surface area (Å²) in [5, 5.41) is 0. The van der Waals surface area contributed by atoms with Gasteiger partial charge in [-0.15, -0.1) is 0 Å². The second-order valence-corrected chi connectivity index (χ2v) is 3.55. The zero-order valence-electron chi connectivity index (χ0n) is 9.48. The predicted octanol–water partition coefficient (Wildman–Crippen LogP) is 2.81. The molecule has 5 heteroatoms. The number of aromatic nitrogens is 1. The molecule has 0 spiro atoms. The number of esters is 1. The average molecular weight is 249 g/mol. The highest BCUT2D eigenvalue weighted by molar-refractivity contribution is 5.95. The highest BCUT2D eigenvalue weighted by Crippen LogP contribution is 2.24. The van der Waals surface area contributed by atoms with Gasteiger partial charge in [0.05, 0.1) is 13.3 Å². The van der Waals surface area contributed by atoms with Gasteiger partial charge in [-0.1, -0.05) is 12.1 Å². The third kappa shape index (κ3) is 2.34. The van der Waals surface area contributed by atoms with E-state index in [1.165, 1.54) is 31.4 Å². The van der Waals surface area contributed by atoms with Crippen molar-refractivity contribution in [2.24, 2.45) is 0 Å². The standard InChI is InChI=1S/C13H9F2NO2/c1-18-13(17)12-11(6-10(15)7-16-12)8-2-4-9(14)5-3-8/h2-7H,1H3. The molecule has 18 heavy (non-hydrogen) atoms. The van der Waals surface area contributed by atoms with Crippen LogP contribution in [0, 0.1) is 11.6 Å². The largest absolute Gasteiger partial charge is 0.464 e. The van der Waals surface area contributed by atoms with Crippen molar-refractivity contribution in [2.75, 3.05) is 7.11 Å². The van der Waals surface area contributed by atoms with Gasteiger partial charge in [0.1, 0.15) is 11.6 Å². The van der Waals surface area contributed by atoms with Crippen molar-refractivity contribution in [3.05, 3.63) is 53.9 Å². The number of hydrogen-bond acceptors (Lipinski definition) is 3. The summed E-state index contributed by atoms with van der Waals surface area (Å²) in [4.78, 5) is 15.2. The maximum absolute atomic E-state index is 13.2. The second kappa shape index (κ2) is 4.91. The Labute approximate surface area is 102 Å². The van der Waals surface area contributed by atoms with Crippen LogP contribution in [-0.4, -0.2) is 18.1 Å². The molecule has 3 nitrogen and oxygen atoms in total. The van der Waals surface area contributed by atoms with Crippen LogP contribution in [0.15, 0.2) is 36.5 Å². The number of nitrogens with zero attached hydrogens (tertiary/aromatic N) is 1. The smallest absolute Gasteiger partial charge is 0.357 e. The van der Waals surface area contributed by atoms with Crippen LogP contribution >= 0.6 is 0 Å². The van der Waals surface area contributed by atoms with Crippen LogP contribution in [0.4, 0.5) is 8.78 Å². The number of methoxy groups -OCH3 is 1. The molecule has 0 aliphatic carbocycles. The van der Waals surface area contributed by atoms with Crippen LogP contribution in [0.3, 0.4) is 0 Å². The first-order valence-corrected chi connectivity index (χ1v) is 5.11. The van der Waals surface area contributed by atoms with Crippen molar-refractivity contribution in [3.8, 4) is 11.1 Å². The maximum atomic E-state index is 13.2. The molecule has 0 saturated heterocycles. The molecule has 0 amide bonds. The van der Waals surface area contributed by atoms with Gasteiger partial charge in [-0.3, -0.25) is 0 Å². The fraction of sp³-hybridized carbons (Fsp3) is 0.0769. The summed E-state index contributed by atoms with van der Waals surface area (Å²) in [6, 6.07) is 6.49. The van der Waals surface area contributed by atoms with Crippen molar-refractivity contribution in [2.45, 2.75) is 0 Å². The van der Waals surface area contributed by atoms with Crippen molar-refractivity contribution in [1.82, 2.24) is 4.98 Å². The summed E-state index contributed by atoms with van der Waals surface area (Å²) < 4.78 is 30.6. The van der Waals surface area contributed by atoms with Gasteiger partial charge in [-0.05, 0) is 23.8 Å². The Morgan fingerprint density at radius 3 is 2.44 bits per heavy atom. The first kappa shape index (κ1) is 12.2. The van der Waals surface area contributed by atoms with Crippen molar-refractivity contribution in [3.63, 3.8) is 0 Å². The minimum absolute atomic E-state index is 0.00879. The maximum Gasteiger partial charge on any atom is 0.357 e. The molecule has 0 N–H and O–H groups in total. The van der Waals surface area contributed by atoms with Gasteiger partial charge in [0.25, 0.3) is 0 Å². The molecule has 0 atom stereocenters. The number of carbonyl (C=O) groups is 1. The molecule has 0 bridgehead atoms. The fourth-order valence-electron chi connectivity index (χ4n) is 1.55. The molecule has 0 unspecified atom stereocenters. The van der Waals surface area contributed by atoms with Crippen molar-refractivity contribution >= 4 is 5.97 Å². The second-order valence-electron chi connectivity index (χ2n) is 3.55. The van der Waals surface area contributed by atoms with E-state index in [4.69, 9.17) is 0 Å². The van der Waals surface area contributed by atoms with E-state index < -0.39 is 17.6 Å². The molecule has 1 aromatic heterocycles. The SMILES string of the molecule is COC(=O)c1ncc(F)cc1-c1ccc(F)cc1. The Balaban J connectivity index is 2.57. The van der Waals surface area contributed by atoms with E-state index in [2.05, 4.69) is 9.72 Å². The van der Waals surface area contributed by atoms with Gasteiger partial charge in [-0.25, -0.2) is 18.6 Å². The lowest BCUT2D eigenvalue weighted by atomic mass is 10.0. The number of halogens is 2. The molecular formula is C13H9F2NO2. The monoisotopic (exact) mass is 249 g/mol. The summed E-state index contributed by atoms with van der Waals surface area (Å²) in [5.74, 6) is -1.67. The minimum Gasteiger partial charge on any atom is -0.464 e. The van der Waals surface area contributed by atoms with Crippen molar-refractivity contribution < 1.29 is 18.3 Å². The average Bonchev–Trinajstić information content (AvgIpc) is 2.38. The summed E-state index contributed by atoms with van der Waals surface area (Å²) in [7, 11) is 1.21. The van der Waals surface area contributed by atoms with Crippen LogP contribution in [0.5, 0.6) is 0 Å². The Kier molecular flexibility index (Phi) is 3.32. The van der Waals surface area contributed by atoms with Crippen LogP contribution < -0.4 is 0 Å². The minimum atomic E-state index is -0.672. The third-order valence-electron chi connectivity index (χ3n) is 2.39. The van der Waals surface area contributed by atoms with Crippen molar-refractivity contribution in [1.29, 1.82) is 0 Å². The fourth-order valence-corrected chi connectivity index (χ4v) is 1.55. The van der Waals surface area contributed by atoms with E-state index >= 15 is 0 Å². The molecule has 0 aliphatic rings. The van der Waals surface area contributed by atoms with E-state index in [0.717, 1.165) is 12.3 Å². The van der Waals surface area contributed by atoms with Gasteiger partial charge >= 0.3 is 5.97 Å². The van der Waals surface area contributed by atoms with Crippen LogP contribution in [0.1, 0.15) is 10.5 Å². The van der Waals surface area contributed by atoms with Crippen LogP contribution in [0.25, 0.3) is 11.1 Å². The van der Waals surface area contributed by atoms with Gasteiger partial charge in [0.2, 0.25) is 0 Å². The molecule has 0 aliphatic heterocycles. The lowest BCUT2D eigenvalue weighted by Crippen LogP contribution is -2.07. The molecule has 0 radical (unpaired) electrons. The quantitative estimate of drug-likeness (QED) is 0.768. The van der Waals surface area contributed by atoms with Gasteiger partial charge < -0.3 is 4.74 Å². The highest BCUT2D eigenvalue weighted by atomic mass is 19.1. The molecule has 0 fully saturated rings. The molecule has 2 rings (SSSR count). The van der Waals surface area contributed by atoms with E-state index in [1.807, 2.05) is 0 Å². The van der Waals surface area contributed by atoms with E-state index in [0.29, 0.717) is 5.56 Å². The number of ether oxygens (including phenoxy) is 1. The Hall–Kier alpha value is -2.30. The topological polar surface area (TPSA) is 39.2 Å². The molecule has 0 saturated carbocycles. The first-order valence-electron chi connectivity index (χ1n) is 5.11. The number of hydrogen-bond donors (Lipinski definition) is 0. The molecule has 92 valence electrons. The summed E-state index contributed by atoms with van der Waals surface area (Å²) >= 11 is 0. The van der Waals surface area contributed by atoms with Gasteiger partial charge in [0, 0.05) is 5.56 Å². The number of pyridine rings is 1. The lowest BCUT2D eigenvalue weighted by molar-refractivity contribution is 0.0595. The molecular weight excluding hydrogens is 240 g/mol. The zero-order valence-corrected chi connectivity index (χ0v) is 9.48. The third-order valence-corrected chi connectivity index (χ3v) is 2.39. The Morgan fingerprint density at radius 1 is 1.17 bits per heavy atom. The van der Waals surface area contributed by atoms with Crippen LogP contribution in [0.2, 0.25) is 0 Å². The van der Waals surface area contributed by atoms with E-state index in [1.54, 1.807) is 0 Å². The lowest BCUT2D eigenvalue weighted by Gasteiger charge is -2.07. The summed E-state index contributed by atoms with van der Waals surface area (Å²) in [5.41, 5.74) is 0.746. The number of benzene rings is 1. The number of rotatable bonds is 2. The molecule has 1 aromatic carbocycles. The van der Waals surface area contributed by atoms with Gasteiger partial charge in [-0.2, -0.15) is 0 Å². The predicted molar refractivity (Wildman–Crippen MR) is 60.9 cm³/mol. The number of carbonyl (C=O) groups excluding carboxylic acids is 1. The normalized spacial score (nSPS) is 10.2. The van der Waals surface area contributed by atoms with Gasteiger partial charge in [0.15, 0.2) is 5.69 Å². The molecule has 1 heterocycles. The zero-order chi connectivity index (χ0) is 13.1. The summed E-state index contributed by atoms with van der Waals surface area (Å²) in [6.07, 6.45) is 0.930.